The van der Waals surface area contributed by atoms with Crippen LogP contribution >= 0.6 is 11.6 Å². The average molecular weight is 548 g/mol. The van der Waals surface area contributed by atoms with Gasteiger partial charge in [-0.1, -0.05) is 69.6 Å². The molecule has 39 heavy (non-hydrogen) atoms. The molecule has 1 amide bonds. The second-order valence-corrected chi connectivity index (χ2v) is 10.9. The van der Waals surface area contributed by atoms with Gasteiger partial charge >= 0.3 is 0 Å². The molecule has 0 radical (unpaired) electrons. The predicted molar refractivity (Wildman–Crippen MR) is 155 cm³/mol. The summed E-state index contributed by atoms with van der Waals surface area (Å²) in [7, 11) is 0. The highest BCUT2D eigenvalue weighted by Gasteiger charge is 2.47. The molecule has 1 heterocycles. The molecule has 1 aliphatic heterocycles. The summed E-state index contributed by atoms with van der Waals surface area (Å²) in [6.07, 6.45) is 0.833. The Balaban J connectivity index is 1.90. The molecule has 0 spiro atoms. The third kappa shape index (κ3) is 5.81. The van der Waals surface area contributed by atoms with Crippen molar-refractivity contribution in [2.45, 2.75) is 52.5 Å². The third-order valence-corrected chi connectivity index (χ3v) is 6.92. The molecule has 1 saturated heterocycles. The lowest BCUT2D eigenvalue weighted by Gasteiger charge is -2.27. The van der Waals surface area contributed by atoms with Gasteiger partial charge in [-0.3, -0.25) is 14.5 Å². The molecule has 1 aliphatic rings. The van der Waals surface area contributed by atoms with Gasteiger partial charge < -0.3 is 14.6 Å². The number of halogens is 1. The normalized spacial score (nSPS) is 17.0. The fraction of sp³-hybridized carbons (Fsp3) is 0.312. The van der Waals surface area contributed by atoms with Crippen LogP contribution in [0.5, 0.6) is 11.5 Å². The molecule has 1 atom stereocenters. The molecule has 0 aromatic heterocycles. The van der Waals surface area contributed by atoms with E-state index in [-0.39, 0.29) is 16.7 Å². The van der Waals surface area contributed by atoms with Gasteiger partial charge in [0, 0.05) is 17.3 Å². The maximum Gasteiger partial charge on any atom is 0.300 e. The fourth-order valence-corrected chi connectivity index (χ4v) is 4.77. The second-order valence-electron chi connectivity index (χ2n) is 10.5. The summed E-state index contributed by atoms with van der Waals surface area (Å²) in [6.45, 7) is 11.1. The zero-order chi connectivity index (χ0) is 28.3. The number of carbonyl (C=O) groups excluding carboxylic acids is 2. The topological polar surface area (TPSA) is 76.1 Å². The standard InChI is InChI=1S/C32H34ClNO5/c1-6-17-39-24-10-8-9-23(19-24)34-28(20-11-14-22(15-12-20)32(3,4)5)27(30(36)31(34)37)29(35)21-13-16-25(33)26(18-21)38-7-2/h8-16,18-19,28,35H,6-7,17H2,1-5H3/b29-27+. The first-order valence-electron chi connectivity index (χ1n) is 13.1. The summed E-state index contributed by atoms with van der Waals surface area (Å²) in [4.78, 5) is 28.5. The number of nitrogens with zero attached hydrogens (tertiary/aromatic N) is 1. The number of aliphatic hydroxyl groups is 1. The van der Waals surface area contributed by atoms with Crippen LogP contribution in [0.1, 0.15) is 63.8 Å². The van der Waals surface area contributed by atoms with Crippen molar-refractivity contribution < 1.29 is 24.2 Å². The van der Waals surface area contributed by atoms with Crippen molar-refractivity contribution in [2.75, 3.05) is 18.1 Å². The highest BCUT2D eigenvalue weighted by atomic mass is 35.5. The molecule has 0 bridgehead atoms. The van der Waals surface area contributed by atoms with Crippen molar-refractivity contribution in [3.8, 4) is 11.5 Å². The van der Waals surface area contributed by atoms with E-state index in [1.807, 2.05) is 44.2 Å². The molecule has 3 aromatic rings. The molecule has 0 aliphatic carbocycles. The maximum absolute atomic E-state index is 13.6. The number of hydrogen-bond donors (Lipinski definition) is 1. The molecule has 0 saturated carbocycles. The summed E-state index contributed by atoms with van der Waals surface area (Å²) in [5.74, 6) is -0.823. The first kappa shape index (κ1) is 28.2. The largest absolute Gasteiger partial charge is 0.507 e. The Hall–Kier alpha value is -3.77. The van der Waals surface area contributed by atoms with E-state index in [4.69, 9.17) is 21.1 Å². The number of rotatable bonds is 8. The molecule has 1 unspecified atom stereocenters. The van der Waals surface area contributed by atoms with E-state index >= 15 is 0 Å². The van der Waals surface area contributed by atoms with Crippen LogP contribution in [0.15, 0.2) is 72.3 Å². The Morgan fingerprint density at radius 3 is 2.33 bits per heavy atom. The zero-order valence-electron chi connectivity index (χ0n) is 23.0. The van der Waals surface area contributed by atoms with Gasteiger partial charge in [0.05, 0.1) is 29.9 Å². The van der Waals surface area contributed by atoms with Gasteiger partial charge in [-0.2, -0.15) is 0 Å². The molecular formula is C32H34ClNO5. The smallest absolute Gasteiger partial charge is 0.300 e. The number of carbonyl (C=O) groups is 2. The van der Waals surface area contributed by atoms with Gasteiger partial charge in [0.15, 0.2) is 0 Å². The SMILES string of the molecule is CCCOc1cccc(N2C(=O)C(=O)/C(=C(/O)c3ccc(Cl)c(OCC)c3)C2c2ccc(C(C)(C)C)cc2)c1. The van der Waals surface area contributed by atoms with E-state index in [0.29, 0.717) is 46.5 Å². The molecular weight excluding hydrogens is 514 g/mol. The van der Waals surface area contributed by atoms with Crippen molar-refractivity contribution >= 4 is 34.7 Å². The van der Waals surface area contributed by atoms with Gasteiger partial charge in [0.2, 0.25) is 0 Å². The maximum atomic E-state index is 13.6. The van der Waals surface area contributed by atoms with Crippen LogP contribution in [-0.4, -0.2) is 30.0 Å². The number of Topliss-reactive ketones (excluding diaryl/α,β-unsaturated/α-hetero) is 1. The second kappa shape index (κ2) is 11.5. The Bertz CT molecular complexity index is 1400. The minimum atomic E-state index is -0.855. The monoisotopic (exact) mass is 547 g/mol. The van der Waals surface area contributed by atoms with Crippen molar-refractivity contribution in [1.82, 2.24) is 0 Å². The highest BCUT2D eigenvalue weighted by Crippen LogP contribution is 2.43. The van der Waals surface area contributed by atoms with Gasteiger partial charge in [-0.15, -0.1) is 0 Å². The van der Waals surface area contributed by atoms with E-state index in [1.54, 1.807) is 36.4 Å². The Morgan fingerprint density at radius 1 is 0.974 bits per heavy atom. The minimum absolute atomic E-state index is 0.00633. The summed E-state index contributed by atoms with van der Waals surface area (Å²) in [6, 6.07) is 18.8. The number of amides is 1. The van der Waals surface area contributed by atoms with Crippen molar-refractivity contribution in [3.63, 3.8) is 0 Å². The number of aliphatic hydroxyl groups excluding tert-OH is 1. The summed E-state index contributed by atoms with van der Waals surface area (Å²) < 4.78 is 11.4. The first-order chi connectivity index (χ1) is 18.6. The van der Waals surface area contributed by atoms with E-state index in [2.05, 4.69) is 20.8 Å². The lowest BCUT2D eigenvalue weighted by molar-refractivity contribution is -0.132. The van der Waals surface area contributed by atoms with Crippen LogP contribution in [0.25, 0.3) is 5.76 Å². The molecule has 3 aromatic carbocycles. The summed E-state index contributed by atoms with van der Waals surface area (Å²) in [5, 5.41) is 11.9. The Morgan fingerprint density at radius 2 is 1.69 bits per heavy atom. The number of ketones is 1. The number of benzene rings is 3. The highest BCUT2D eigenvalue weighted by molar-refractivity contribution is 6.51. The van der Waals surface area contributed by atoms with E-state index < -0.39 is 17.7 Å². The van der Waals surface area contributed by atoms with Crippen molar-refractivity contribution in [3.05, 3.63) is 94.0 Å². The molecule has 6 nitrogen and oxygen atoms in total. The summed E-state index contributed by atoms with van der Waals surface area (Å²) >= 11 is 6.26. The van der Waals surface area contributed by atoms with Crippen molar-refractivity contribution in [2.24, 2.45) is 0 Å². The van der Waals surface area contributed by atoms with Crippen LogP contribution in [0.3, 0.4) is 0 Å². The fourth-order valence-electron chi connectivity index (χ4n) is 4.59. The molecule has 1 N–H and O–H groups in total. The van der Waals surface area contributed by atoms with Crippen LogP contribution in [0.4, 0.5) is 5.69 Å². The van der Waals surface area contributed by atoms with Gasteiger partial charge in [0.25, 0.3) is 11.7 Å². The number of anilines is 1. The third-order valence-electron chi connectivity index (χ3n) is 6.61. The van der Waals surface area contributed by atoms with Crippen LogP contribution in [0.2, 0.25) is 5.02 Å². The first-order valence-corrected chi connectivity index (χ1v) is 13.5. The lowest BCUT2D eigenvalue weighted by atomic mass is 9.85. The molecule has 4 rings (SSSR count). The molecule has 1 fully saturated rings. The van der Waals surface area contributed by atoms with Gasteiger partial charge in [0.1, 0.15) is 17.3 Å². The van der Waals surface area contributed by atoms with Gasteiger partial charge in [-0.25, -0.2) is 0 Å². The van der Waals surface area contributed by atoms with Crippen LogP contribution in [-0.2, 0) is 15.0 Å². The summed E-state index contributed by atoms with van der Waals surface area (Å²) in [5.41, 5.74) is 2.55. The molecule has 7 heteroatoms. The van der Waals surface area contributed by atoms with E-state index in [9.17, 15) is 14.7 Å². The van der Waals surface area contributed by atoms with E-state index in [1.165, 1.54) is 4.90 Å². The quantitative estimate of drug-likeness (QED) is 0.180. The lowest BCUT2D eigenvalue weighted by Crippen LogP contribution is -2.29. The molecule has 204 valence electrons. The number of ether oxygens (including phenoxy) is 2. The Kier molecular flexibility index (Phi) is 8.36. The minimum Gasteiger partial charge on any atom is -0.507 e. The average Bonchev–Trinajstić information content (AvgIpc) is 3.18. The number of hydrogen-bond acceptors (Lipinski definition) is 5. The predicted octanol–water partition coefficient (Wildman–Crippen LogP) is 7.45. The van der Waals surface area contributed by atoms with Crippen LogP contribution in [0, 0.1) is 0 Å². The van der Waals surface area contributed by atoms with E-state index in [0.717, 1.165) is 12.0 Å². The van der Waals surface area contributed by atoms with Crippen molar-refractivity contribution in [1.29, 1.82) is 0 Å². The van der Waals surface area contributed by atoms with Gasteiger partial charge in [-0.05, 0) is 60.2 Å². The van der Waals surface area contributed by atoms with Crippen LogP contribution < -0.4 is 14.4 Å². The zero-order valence-corrected chi connectivity index (χ0v) is 23.7. The Labute approximate surface area is 234 Å².